The van der Waals surface area contributed by atoms with Crippen LogP contribution < -0.4 is 5.32 Å². The van der Waals surface area contributed by atoms with Crippen molar-refractivity contribution in [3.63, 3.8) is 0 Å². The molecule has 0 radical (unpaired) electrons. The molecule has 1 fully saturated rings. The molecule has 174 valence electrons. The van der Waals surface area contributed by atoms with Gasteiger partial charge in [-0.25, -0.2) is 4.79 Å². The number of hydrogen-bond donors (Lipinski definition) is 1. The van der Waals surface area contributed by atoms with E-state index in [-0.39, 0.29) is 5.91 Å². The predicted molar refractivity (Wildman–Crippen MR) is 134 cm³/mol. The van der Waals surface area contributed by atoms with Crippen LogP contribution in [0.2, 0.25) is 0 Å². The summed E-state index contributed by atoms with van der Waals surface area (Å²) in [7, 11) is 0. The van der Waals surface area contributed by atoms with Crippen molar-refractivity contribution in [1.29, 1.82) is 0 Å². The quantitative estimate of drug-likeness (QED) is 0.524. The number of benzene rings is 2. The van der Waals surface area contributed by atoms with Crippen molar-refractivity contribution in [3.8, 4) is 0 Å². The van der Waals surface area contributed by atoms with Crippen molar-refractivity contribution in [2.24, 2.45) is 0 Å². The first-order valence-corrected chi connectivity index (χ1v) is 12.5. The molecule has 0 spiro atoms. The second kappa shape index (κ2) is 9.96. The summed E-state index contributed by atoms with van der Waals surface area (Å²) < 4.78 is 6.65. The van der Waals surface area contributed by atoms with E-state index in [9.17, 15) is 9.59 Å². The zero-order valence-corrected chi connectivity index (χ0v) is 20.4. The molecule has 1 saturated heterocycles. The number of amides is 2. The third-order valence-electron chi connectivity index (χ3n) is 6.05. The molecule has 2 aromatic carbocycles. The van der Waals surface area contributed by atoms with Gasteiger partial charge in [0.2, 0.25) is 5.91 Å². The van der Waals surface area contributed by atoms with Crippen LogP contribution in [0.25, 0.3) is 10.1 Å². The van der Waals surface area contributed by atoms with Crippen molar-refractivity contribution in [2.75, 3.05) is 13.1 Å². The standard InChI is InChI=1S/C27H32N2O3S/c1-27(2,3)32-26(31)28-23(17-21-18-33-24-12-8-7-11-22(21)24)25(30)29-15-13-20(14-16-29)19-9-5-4-6-10-19/h4-12,18,20,23H,13-17H2,1-3H3,(H,28,31). The van der Waals surface area contributed by atoms with Gasteiger partial charge in [0.05, 0.1) is 0 Å². The fourth-order valence-electron chi connectivity index (χ4n) is 4.44. The number of thiophene rings is 1. The van der Waals surface area contributed by atoms with Crippen molar-refractivity contribution in [2.45, 2.75) is 57.6 Å². The van der Waals surface area contributed by atoms with Gasteiger partial charge in [-0.1, -0.05) is 48.5 Å². The molecule has 2 amide bonds. The lowest BCUT2D eigenvalue weighted by molar-refractivity contribution is -0.134. The van der Waals surface area contributed by atoms with Crippen molar-refractivity contribution in [1.82, 2.24) is 10.2 Å². The van der Waals surface area contributed by atoms with E-state index in [2.05, 4.69) is 47.1 Å². The Morgan fingerprint density at radius 2 is 1.73 bits per heavy atom. The van der Waals surface area contributed by atoms with Gasteiger partial charge in [-0.15, -0.1) is 11.3 Å². The third-order valence-corrected chi connectivity index (χ3v) is 7.06. The minimum absolute atomic E-state index is 0.0392. The number of ether oxygens (including phenoxy) is 1. The zero-order valence-electron chi connectivity index (χ0n) is 19.5. The SMILES string of the molecule is CC(C)(C)OC(=O)NC(Cc1csc2ccccc12)C(=O)N1CCC(c2ccccc2)CC1. The van der Waals surface area contributed by atoms with E-state index in [1.807, 2.05) is 43.9 Å². The summed E-state index contributed by atoms with van der Waals surface area (Å²) >= 11 is 1.66. The van der Waals surface area contributed by atoms with Gasteiger partial charge in [0.15, 0.2) is 0 Å². The highest BCUT2D eigenvalue weighted by Gasteiger charge is 2.31. The topological polar surface area (TPSA) is 58.6 Å². The Balaban J connectivity index is 1.48. The predicted octanol–water partition coefficient (Wildman–Crippen LogP) is 5.74. The Bertz CT molecular complexity index is 1100. The van der Waals surface area contributed by atoms with Gasteiger partial charge in [-0.2, -0.15) is 0 Å². The van der Waals surface area contributed by atoms with E-state index in [1.165, 1.54) is 10.3 Å². The average Bonchev–Trinajstić information content (AvgIpc) is 3.20. The van der Waals surface area contributed by atoms with Crippen LogP contribution in [0.1, 0.15) is 50.7 Å². The van der Waals surface area contributed by atoms with Crippen LogP contribution in [0.15, 0.2) is 60.0 Å². The van der Waals surface area contributed by atoms with Gasteiger partial charge >= 0.3 is 6.09 Å². The molecule has 1 atom stereocenters. The number of nitrogens with zero attached hydrogens (tertiary/aromatic N) is 1. The van der Waals surface area contributed by atoms with Crippen LogP contribution in [0, 0.1) is 0 Å². The Labute approximate surface area is 199 Å². The first kappa shape index (κ1) is 23.3. The van der Waals surface area contributed by atoms with Crippen LogP contribution in [0.4, 0.5) is 4.79 Å². The molecule has 0 saturated carbocycles. The van der Waals surface area contributed by atoms with Gasteiger partial charge in [0.25, 0.3) is 0 Å². The van der Waals surface area contributed by atoms with Gasteiger partial charge in [-0.05, 0) is 67.5 Å². The zero-order chi connectivity index (χ0) is 23.4. The van der Waals surface area contributed by atoms with E-state index >= 15 is 0 Å². The molecule has 6 heteroatoms. The Morgan fingerprint density at radius 1 is 1.06 bits per heavy atom. The first-order valence-electron chi connectivity index (χ1n) is 11.6. The Hall–Kier alpha value is -2.86. The van der Waals surface area contributed by atoms with Crippen LogP contribution in [0.3, 0.4) is 0 Å². The van der Waals surface area contributed by atoms with Crippen molar-refractivity contribution >= 4 is 33.4 Å². The van der Waals surface area contributed by atoms with Gasteiger partial charge in [-0.3, -0.25) is 4.79 Å². The second-order valence-corrected chi connectivity index (χ2v) is 10.6. The van der Waals surface area contributed by atoms with Crippen molar-refractivity contribution < 1.29 is 14.3 Å². The van der Waals surface area contributed by atoms with E-state index in [4.69, 9.17) is 4.74 Å². The molecule has 1 N–H and O–H groups in total. The monoisotopic (exact) mass is 464 g/mol. The Kier molecular flexibility index (Phi) is 7.03. The normalized spacial score (nSPS) is 15.9. The van der Waals surface area contributed by atoms with Crippen LogP contribution in [0.5, 0.6) is 0 Å². The van der Waals surface area contributed by atoms with Crippen LogP contribution >= 0.6 is 11.3 Å². The number of rotatable bonds is 5. The van der Waals surface area contributed by atoms with E-state index in [1.54, 1.807) is 11.3 Å². The molecule has 1 aromatic heterocycles. The van der Waals surface area contributed by atoms with E-state index in [0.29, 0.717) is 25.4 Å². The molecule has 1 aliphatic rings. The first-order chi connectivity index (χ1) is 15.8. The maximum absolute atomic E-state index is 13.6. The lowest BCUT2D eigenvalue weighted by Gasteiger charge is -2.35. The number of piperidine rings is 1. The van der Waals surface area contributed by atoms with E-state index in [0.717, 1.165) is 23.8 Å². The fourth-order valence-corrected chi connectivity index (χ4v) is 5.42. The van der Waals surface area contributed by atoms with E-state index < -0.39 is 17.7 Å². The third kappa shape index (κ3) is 5.93. The summed E-state index contributed by atoms with van der Waals surface area (Å²) in [5.74, 6) is 0.427. The molecule has 3 aromatic rings. The van der Waals surface area contributed by atoms with Gasteiger partial charge in [0.1, 0.15) is 11.6 Å². The number of fused-ring (bicyclic) bond motifs is 1. The molecular formula is C27H32N2O3S. The second-order valence-electron chi connectivity index (χ2n) is 9.67. The highest BCUT2D eigenvalue weighted by molar-refractivity contribution is 7.17. The molecular weight excluding hydrogens is 432 g/mol. The molecule has 5 nitrogen and oxygen atoms in total. The average molecular weight is 465 g/mol. The maximum Gasteiger partial charge on any atom is 0.408 e. The number of carbonyl (C=O) groups excluding carboxylic acids is 2. The highest BCUT2D eigenvalue weighted by Crippen LogP contribution is 2.30. The lowest BCUT2D eigenvalue weighted by atomic mass is 9.89. The van der Waals surface area contributed by atoms with Gasteiger partial charge in [0, 0.05) is 24.2 Å². The number of alkyl carbamates (subject to hydrolysis) is 1. The molecule has 33 heavy (non-hydrogen) atoms. The number of nitrogens with one attached hydrogen (secondary N) is 1. The molecule has 4 rings (SSSR count). The summed E-state index contributed by atoms with van der Waals surface area (Å²) in [4.78, 5) is 28.0. The summed E-state index contributed by atoms with van der Waals surface area (Å²) in [6.45, 7) is 6.85. The lowest BCUT2D eigenvalue weighted by Crippen LogP contribution is -2.52. The molecule has 0 aliphatic carbocycles. The number of hydrogen-bond acceptors (Lipinski definition) is 4. The van der Waals surface area contributed by atoms with Gasteiger partial charge < -0.3 is 15.0 Å². The maximum atomic E-state index is 13.6. The van der Waals surface area contributed by atoms with Crippen molar-refractivity contribution in [3.05, 3.63) is 71.1 Å². The van der Waals surface area contributed by atoms with Crippen LogP contribution in [-0.2, 0) is 16.0 Å². The minimum Gasteiger partial charge on any atom is -0.444 e. The van der Waals surface area contributed by atoms with Crippen LogP contribution in [-0.4, -0.2) is 41.6 Å². The number of likely N-dealkylation sites (tertiary alicyclic amines) is 1. The summed E-state index contributed by atoms with van der Waals surface area (Å²) in [5.41, 5.74) is 1.78. The summed E-state index contributed by atoms with van der Waals surface area (Å²) in [6.07, 6.45) is 1.74. The highest BCUT2D eigenvalue weighted by atomic mass is 32.1. The molecule has 2 heterocycles. The fraction of sp³-hybridized carbons (Fsp3) is 0.407. The molecule has 1 aliphatic heterocycles. The largest absolute Gasteiger partial charge is 0.444 e. The number of carbonyl (C=O) groups is 2. The smallest absolute Gasteiger partial charge is 0.408 e. The molecule has 1 unspecified atom stereocenters. The summed E-state index contributed by atoms with van der Waals surface area (Å²) in [5, 5.41) is 6.09. The minimum atomic E-state index is -0.661. The molecule has 0 bridgehead atoms. The Morgan fingerprint density at radius 3 is 2.42 bits per heavy atom. The summed E-state index contributed by atoms with van der Waals surface area (Å²) in [6, 6.07) is 18.0.